The second-order valence-electron chi connectivity index (χ2n) is 5.49. The van der Waals surface area contributed by atoms with E-state index in [0.29, 0.717) is 36.4 Å². The second kappa shape index (κ2) is 6.62. The molecule has 0 aliphatic carbocycles. The van der Waals surface area contributed by atoms with E-state index in [-0.39, 0.29) is 17.3 Å². The van der Waals surface area contributed by atoms with Crippen molar-refractivity contribution in [1.82, 2.24) is 9.62 Å². The standard InChI is InChI=1S/C14H20N2O4S.ClH/c1-19-12-4-3-5-13(20-2)14(12)21(17,18)16-8-10-6-15-7-11(10)9-16;/h3-5,10-11,15H,6-9H2,1-2H3;1H/t10-,11+;. The lowest BCUT2D eigenvalue weighted by atomic mass is 10.0. The van der Waals surface area contributed by atoms with E-state index in [1.807, 2.05) is 0 Å². The number of fused-ring (bicyclic) bond motifs is 1. The number of nitrogens with one attached hydrogen (secondary N) is 1. The molecule has 1 aromatic carbocycles. The highest BCUT2D eigenvalue weighted by Crippen LogP contribution is 2.38. The lowest BCUT2D eigenvalue weighted by Gasteiger charge is -2.20. The van der Waals surface area contributed by atoms with Crippen LogP contribution in [0.3, 0.4) is 0 Å². The van der Waals surface area contributed by atoms with Crippen molar-refractivity contribution in [2.24, 2.45) is 11.8 Å². The fourth-order valence-electron chi connectivity index (χ4n) is 3.21. The molecule has 2 saturated heterocycles. The van der Waals surface area contributed by atoms with Gasteiger partial charge in [-0.25, -0.2) is 8.42 Å². The van der Waals surface area contributed by atoms with Crippen LogP contribution in [-0.2, 0) is 10.0 Å². The van der Waals surface area contributed by atoms with Crippen molar-refractivity contribution in [2.45, 2.75) is 4.90 Å². The molecule has 3 rings (SSSR count). The van der Waals surface area contributed by atoms with Crippen molar-refractivity contribution in [2.75, 3.05) is 40.4 Å². The van der Waals surface area contributed by atoms with Crippen molar-refractivity contribution in [3.63, 3.8) is 0 Å². The van der Waals surface area contributed by atoms with Gasteiger partial charge >= 0.3 is 0 Å². The third kappa shape index (κ3) is 2.78. The van der Waals surface area contributed by atoms with Gasteiger partial charge in [-0.15, -0.1) is 12.4 Å². The van der Waals surface area contributed by atoms with Crippen LogP contribution in [0.15, 0.2) is 23.1 Å². The molecule has 124 valence electrons. The Labute approximate surface area is 137 Å². The molecule has 0 aromatic heterocycles. The summed E-state index contributed by atoms with van der Waals surface area (Å²) in [6, 6.07) is 5.01. The summed E-state index contributed by atoms with van der Waals surface area (Å²) in [7, 11) is -0.673. The zero-order valence-electron chi connectivity index (χ0n) is 12.6. The van der Waals surface area contributed by atoms with Crippen LogP contribution in [0.2, 0.25) is 0 Å². The Balaban J connectivity index is 0.00000176. The smallest absolute Gasteiger partial charge is 0.250 e. The van der Waals surface area contributed by atoms with Crippen LogP contribution in [0.1, 0.15) is 0 Å². The average molecular weight is 349 g/mol. The van der Waals surface area contributed by atoms with Crippen molar-refractivity contribution in [1.29, 1.82) is 0 Å². The number of ether oxygens (including phenoxy) is 2. The van der Waals surface area contributed by atoms with E-state index in [1.165, 1.54) is 14.2 Å². The van der Waals surface area contributed by atoms with Gasteiger partial charge in [0.2, 0.25) is 10.0 Å². The quantitative estimate of drug-likeness (QED) is 0.878. The Morgan fingerprint density at radius 3 is 2.05 bits per heavy atom. The molecule has 0 unspecified atom stereocenters. The maximum atomic E-state index is 13.0. The fraction of sp³-hybridized carbons (Fsp3) is 0.571. The molecular formula is C14H21ClN2O4S. The molecule has 8 heteroatoms. The second-order valence-corrected chi connectivity index (χ2v) is 7.37. The largest absolute Gasteiger partial charge is 0.495 e. The Hall–Kier alpha value is -1.02. The Morgan fingerprint density at radius 2 is 1.59 bits per heavy atom. The molecular weight excluding hydrogens is 328 g/mol. The van der Waals surface area contributed by atoms with Gasteiger partial charge in [0.1, 0.15) is 11.5 Å². The number of hydrogen-bond acceptors (Lipinski definition) is 5. The number of halogens is 1. The summed E-state index contributed by atoms with van der Waals surface area (Å²) in [5.74, 6) is 1.45. The number of nitrogens with zero attached hydrogens (tertiary/aromatic N) is 1. The Kier molecular flexibility index (Phi) is 5.21. The number of hydrogen-bond donors (Lipinski definition) is 1. The monoisotopic (exact) mass is 348 g/mol. The fourth-order valence-corrected chi connectivity index (χ4v) is 5.05. The molecule has 1 aromatic rings. The molecule has 0 amide bonds. The highest BCUT2D eigenvalue weighted by molar-refractivity contribution is 7.89. The van der Waals surface area contributed by atoms with Gasteiger partial charge in [-0.2, -0.15) is 4.31 Å². The summed E-state index contributed by atoms with van der Waals surface area (Å²) in [4.78, 5) is 0.128. The van der Waals surface area contributed by atoms with Gasteiger partial charge in [-0.1, -0.05) is 6.07 Å². The third-order valence-electron chi connectivity index (χ3n) is 4.34. The van der Waals surface area contributed by atoms with Crippen molar-refractivity contribution in [3.05, 3.63) is 18.2 Å². The van der Waals surface area contributed by atoms with Crippen molar-refractivity contribution < 1.29 is 17.9 Å². The van der Waals surface area contributed by atoms with Crippen molar-refractivity contribution in [3.8, 4) is 11.5 Å². The van der Waals surface area contributed by atoms with E-state index >= 15 is 0 Å². The predicted octanol–water partition coefficient (Wildman–Crippen LogP) is 0.966. The van der Waals surface area contributed by atoms with Crippen LogP contribution in [-0.4, -0.2) is 53.1 Å². The molecule has 0 saturated carbocycles. The minimum atomic E-state index is -3.61. The number of benzene rings is 1. The van der Waals surface area contributed by atoms with Crippen LogP contribution < -0.4 is 14.8 Å². The molecule has 22 heavy (non-hydrogen) atoms. The first kappa shape index (κ1) is 17.3. The number of methoxy groups -OCH3 is 2. The summed E-state index contributed by atoms with van der Waals surface area (Å²) in [5.41, 5.74) is 0. The van der Waals surface area contributed by atoms with Gasteiger partial charge in [0, 0.05) is 13.1 Å². The Bertz CT molecular complexity index is 603. The van der Waals surface area contributed by atoms with Gasteiger partial charge in [0.05, 0.1) is 14.2 Å². The van der Waals surface area contributed by atoms with Gasteiger partial charge < -0.3 is 14.8 Å². The first-order chi connectivity index (χ1) is 10.1. The molecule has 2 aliphatic heterocycles. The van der Waals surface area contributed by atoms with Crippen molar-refractivity contribution >= 4 is 22.4 Å². The van der Waals surface area contributed by atoms with E-state index < -0.39 is 10.0 Å². The van der Waals surface area contributed by atoms with E-state index in [1.54, 1.807) is 22.5 Å². The predicted molar refractivity (Wildman–Crippen MR) is 85.4 cm³/mol. The van der Waals surface area contributed by atoms with Crippen LogP contribution in [0.4, 0.5) is 0 Å². The van der Waals surface area contributed by atoms with Crippen LogP contribution in [0, 0.1) is 11.8 Å². The first-order valence-electron chi connectivity index (χ1n) is 6.99. The molecule has 2 aliphatic rings. The zero-order valence-corrected chi connectivity index (χ0v) is 14.2. The first-order valence-corrected chi connectivity index (χ1v) is 8.43. The maximum Gasteiger partial charge on any atom is 0.250 e. The Morgan fingerprint density at radius 1 is 1.09 bits per heavy atom. The molecule has 0 spiro atoms. The lowest BCUT2D eigenvalue weighted by molar-refractivity contribution is 0.367. The summed E-state index contributed by atoms with van der Waals surface area (Å²) in [6.45, 7) is 2.89. The average Bonchev–Trinajstić information content (AvgIpc) is 3.07. The molecule has 0 radical (unpaired) electrons. The highest BCUT2D eigenvalue weighted by Gasteiger charge is 2.43. The van der Waals surface area contributed by atoms with Crippen LogP contribution in [0.25, 0.3) is 0 Å². The van der Waals surface area contributed by atoms with E-state index in [9.17, 15) is 8.42 Å². The minimum Gasteiger partial charge on any atom is -0.495 e. The maximum absolute atomic E-state index is 13.0. The van der Waals surface area contributed by atoms with Crippen LogP contribution in [0.5, 0.6) is 11.5 Å². The normalized spacial score (nSPS) is 24.6. The topological polar surface area (TPSA) is 67.9 Å². The minimum absolute atomic E-state index is 0. The zero-order chi connectivity index (χ0) is 15.0. The molecule has 2 fully saturated rings. The highest BCUT2D eigenvalue weighted by atomic mass is 35.5. The van der Waals surface area contributed by atoms with E-state index in [2.05, 4.69) is 5.32 Å². The summed E-state index contributed by atoms with van der Waals surface area (Å²) in [5, 5.41) is 3.31. The van der Waals surface area contributed by atoms with E-state index in [4.69, 9.17) is 9.47 Å². The van der Waals surface area contributed by atoms with Gasteiger partial charge in [0.25, 0.3) is 0 Å². The lowest BCUT2D eigenvalue weighted by Crippen LogP contribution is -2.32. The molecule has 2 heterocycles. The summed E-state index contributed by atoms with van der Waals surface area (Å²) < 4.78 is 38.0. The van der Waals surface area contributed by atoms with Gasteiger partial charge in [-0.05, 0) is 37.1 Å². The van der Waals surface area contributed by atoms with Crippen LogP contribution >= 0.6 is 12.4 Å². The molecule has 1 N–H and O–H groups in total. The molecule has 2 atom stereocenters. The third-order valence-corrected chi connectivity index (χ3v) is 6.23. The summed E-state index contributed by atoms with van der Waals surface area (Å²) in [6.07, 6.45) is 0. The molecule has 0 bridgehead atoms. The number of sulfonamides is 1. The SMILES string of the molecule is COc1cccc(OC)c1S(=O)(=O)N1C[C@H]2CNC[C@H]2C1.Cl. The van der Waals surface area contributed by atoms with Gasteiger partial charge in [0.15, 0.2) is 4.90 Å². The number of rotatable bonds is 4. The van der Waals surface area contributed by atoms with Gasteiger partial charge in [-0.3, -0.25) is 0 Å². The van der Waals surface area contributed by atoms with E-state index in [0.717, 1.165) is 13.1 Å². The summed E-state index contributed by atoms with van der Waals surface area (Å²) >= 11 is 0. The molecule has 6 nitrogen and oxygen atoms in total.